The minimum absolute atomic E-state index is 0.0546. The molecule has 1 aliphatic heterocycles. The second-order valence-electron chi connectivity index (χ2n) is 7.76. The van der Waals surface area contributed by atoms with E-state index in [4.69, 9.17) is 9.47 Å². The van der Waals surface area contributed by atoms with Gasteiger partial charge in [-0.15, -0.1) is 0 Å². The Balaban J connectivity index is 2.01. The van der Waals surface area contributed by atoms with Crippen LogP contribution < -0.4 is 0 Å². The SMILES string of the molecule is COC(=O)C(=Cc1ccccc1F)C(=O)C(C)(C)N1COC(C)=C(c2ccccc2)C1=O. The van der Waals surface area contributed by atoms with E-state index < -0.39 is 29.0 Å². The molecule has 0 N–H and O–H groups in total. The van der Waals surface area contributed by atoms with Crippen LogP contribution in [0.1, 0.15) is 31.9 Å². The zero-order valence-electron chi connectivity index (χ0n) is 18.3. The number of hydrogen-bond donors (Lipinski definition) is 0. The fourth-order valence-electron chi connectivity index (χ4n) is 3.45. The predicted molar refractivity (Wildman–Crippen MR) is 117 cm³/mol. The number of ketones is 1. The summed E-state index contributed by atoms with van der Waals surface area (Å²) >= 11 is 0. The number of carbonyl (C=O) groups excluding carboxylic acids is 3. The number of esters is 1. The Morgan fingerprint density at radius 2 is 1.72 bits per heavy atom. The van der Waals surface area contributed by atoms with Gasteiger partial charge in [0, 0.05) is 5.56 Å². The third-order valence-corrected chi connectivity index (χ3v) is 5.37. The number of Topliss-reactive ketones (excluding diaryl/α,β-unsaturated/α-hetero) is 1. The van der Waals surface area contributed by atoms with Gasteiger partial charge >= 0.3 is 5.97 Å². The molecule has 32 heavy (non-hydrogen) atoms. The van der Waals surface area contributed by atoms with Gasteiger partial charge in [0.25, 0.3) is 5.91 Å². The number of ether oxygens (including phenoxy) is 2. The Kier molecular flexibility index (Phi) is 6.58. The van der Waals surface area contributed by atoms with Crippen molar-refractivity contribution in [2.75, 3.05) is 13.8 Å². The summed E-state index contributed by atoms with van der Waals surface area (Å²) in [5.74, 6) is -2.19. The zero-order valence-corrected chi connectivity index (χ0v) is 18.3. The van der Waals surface area contributed by atoms with Crippen molar-refractivity contribution in [3.63, 3.8) is 0 Å². The lowest BCUT2D eigenvalue weighted by atomic mass is 9.88. The van der Waals surface area contributed by atoms with Crippen LogP contribution in [-0.4, -0.2) is 41.9 Å². The van der Waals surface area contributed by atoms with E-state index in [9.17, 15) is 18.8 Å². The number of allylic oxidation sites excluding steroid dienone is 1. The monoisotopic (exact) mass is 437 g/mol. The molecule has 0 saturated heterocycles. The van der Waals surface area contributed by atoms with Crippen LogP contribution in [0.2, 0.25) is 0 Å². The van der Waals surface area contributed by atoms with E-state index in [0.717, 1.165) is 13.2 Å². The Hall–Kier alpha value is -3.74. The molecule has 0 saturated carbocycles. The van der Waals surface area contributed by atoms with Gasteiger partial charge in [-0.05, 0) is 38.5 Å². The van der Waals surface area contributed by atoms with Crippen molar-refractivity contribution in [1.82, 2.24) is 4.90 Å². The zero-order chi connectivity index (χ0) is 23.5. The second kappa shape index (κ2) is 9.18. The van der Waals surface area contributed by atoms with Crippen molar-refractivity contribution in [2.24, 2.45) is 0 Å². The molecule has 6 nitrogen and oxygen atoms in total. The maximum Gasteiger partial charge on any atom is 0.341 e. The molecule has 1 amide bonds. The molecular formula is C25H24FNO5. The fourth-order valence-corrected chi connectivity index (χ4v) is 3.45. The molecule has 166 valence electrons. The first kappa shape index (κ1) is 22.9. The molecule has 2 aromatic carbocycles. The number of amides is 1. The van der Waals surface area contributed by atoms with Crippen LogP contribution in [-0.2, 0) is 23.9 Å². The number of halogens is 1. The van der Waals surface area contributed by atoms with E-state index in [-0.39, 0.29) is 17.9 Å². The first-order valence-electron chi connectivity index (χ1n) is 9.99. The molecule has 7 heteroatoms. The maximum atomic E-state index is 14.2. The number of nitrogens with zero attached hydrogens (tertiary/aromatic N) is 1. The Bertz CT molecular complexity index is 1120. The number of hydrogen-bond acceptors (Lipinski definition) is 5. The third-order valence-electron chi connectivity index (χ3n) is 5.37. The van der Waals surface area contributed by atoms with Gasteiger partial charge in [-0.2, -0.15) is 0 Å². The molecule has 0 bridgehead atoms. The number of benzene rings is 2. The van der Waals surface area contributed by atoms with Crippen molar-refractivity contribution >= 4 is 29.3 Å². The molecule has 3 rings (SSSR count). The van der Waals surface area contributed by atoms with Gasteiger partial charge in [0.2, 0.25) is 0 Å². The van der Waals surface area contributed by atoms with Gasteiger partial charge in [0.05, 0.1) is 12.7 Å². The van der Waals surface area contributed by atoms with E-state index in [2.05, 4.69) is 0 Å². The molecule has 2 aromatic rings. The van der Waals surface area contributed by atoms with Crippen LogP contribution in [0.5, 0.6) is 0 Å². The molecule has 1 heterocycles. The number of carbonyl (C=O) groups is 3. The highest BCUT2D eigenvalue weighted by atomic mass is 19.1. The van der Waals surface area contributed by atoms with Crippen LogP contribution in [0.4, 0.5) is 4.39 Å². The summed E-state index contributed by atoms with van der Waals surface area (Å²) in [6.45, 7) is 4.54. The summed E-state index contributed by atoms with van der Waals surface area (Å²) < 4.78 is 24.7. The summed E-state index contributed by atoms with van der Waals surface area (Å²) in [6.07, 6.45) is 1.14. The largest absolute Gasteiger partial charge is 0.477 e. The van der Waals surface area contributed by atoms with E-state index in [1.54, 1.807) is 37.3 Å². The maximum absolute atomic E-state index is 14.2. The number of methoxy groups -OCH3 is 1. The fraction of sp³-hybridized carbons (Fsp3) is 0.240. The molecule has 0 aromatic heterocycles. The van der Waals surface area contributed by atoms with E-state index in [1.165, 1.54) is 36.9 Å². The summed E-state index contributed by atoms with van der Waals surface area (Å²) in [5.41, 5.74) is -0.821. The predicted octanol–water partition coefficient (Wildman–Crippen LogP) is 3.98. The topological polar surface area (TPSA) is 72.9 Å². The molecule has 0 aliphatic carbocycles. The average Bonchev–Trinajstić information content (AvgIpc) is 2.78. The van der Waals surface area contributed by atoms with Crippen LogP contribution in [0.15, 0.2) is 65.9 Å². The molecule has 0 unspecified atom stereocenters. The minimum Gasteiger partial charge on any atom is -0.477 e. The van der Waals surface area contributed by atoms with Gasteiger partial charge in [0.15, 0.2) is 12.5 Å². The summed E-state index contributed by atoms with van der Waals surface area (Å²) in [6, 6.07) is 14.7. The van der Waals surface area contributed by atoms with Crippen LogP contribution >= 0.6 is 0 Å². The Morgan fingerprint density at radius 3 is 2.34 bits per heavy atom. The lowest BCUT2D eigenvalue weighted by Gasteiger charge is -2.40. The first-order valence-corrected chi connectivity index (χ1v) is 9.99. The average molecular weight is 437 g/mol. The third kappa shape index (κ3) is 4.32. The quantitative estimate of drug-likeness (QED) is 0.296. The van der Waals surface area contributed by atoms with E-state index in [1.807, 2.05) is 6.07 Å². The molecule has 0 radical (unpaired) electrons. The Labute approximate surface area is 185 Å². The van der Waals surface area contributed by atoms with Gasteiger partial charge in [-0.3, -0.25) is 14.5 Å². The minimum atomic E-state index is -1.48. The van der Waals surface area contributed by atoms with Crippen LogP contribution in [0, 0.1) is 5.82 Å². The Morgan fingerprint density at radius 1 is 1.09 bits per heavy atom. The van der Waals surface area contributed by atoms with Crippen molar-refractivity contribution in [1.29, 1.82) is 0 Å². The van der Waals surface area contributed by atoms with Crippen LogP contribution in [0.3, 0.4) is 0 Å². The molecule has 0 fully saturated rings. The molecular weight excluding hydrogens is 413 g/mol. The van der Waals surface area contributed by atoms with Crippen molar-refractivity contribution in [3.8, 4) is 0 Å². The van der Waals surface area contributed by atoms with Gasteiger partial charge in [0.1, 0.15) is 22.7 Å². The van der Waals surface area contributed by atoms with E-state index in [0.29, 0.717) is 16.9 Å². The highest BCUT2D eigenvalue weighted by Gasteiger charge is 2.44. The van der Waals surface area contributed by atoms with Gasteiger partial charge in [-0.25, -0.2) is 9.18 Å². The smallest absolute Gasteiger partial charge is 0.341 e. The lowest BCUT2D eigenvalue weighted by molar-refractivity contribution is -0.149. The molecule has 0 atom stereocenters. The second-order valence-corrected chi connectivity index (χ2v) is 7.76. The van der Waals surface area contributed by atoms with Gasteiger partial charge < -0.3 is 9.47 Å². The first-order chi connectivity index (χ1) is 15.2. The summed E-state index contributed by atoms with van der Waals surface area (Å²) in [4.78, 5) is 40.6. The highest BCUT2D eigenvalue weighted by molar-refractivity contribution is 6.26. The standard InChI is InChI=1S/C25H24FNO5/c1-16-21(17-10-6-5-7-11-17)23(29)27(15-32-16)25(2,3)22(28)19(24(30)31-4)14-18-12-8-9-13-20(18)26/h5-14H,15H2,1-4H3. The lowest BCUT2D eigenvalue weighted by Crippen LogP contribution is -2.56. The summed E-state index contributed by atoms with van der Waals surface area (Å²) in [7, 11) is 1.13. The molecule has 1 aliphatic rings. The molecule has 0 spiro atoms. The normalized spacial score (nSPS) is 14.8. The number of rotatable bonds is 6. The highest BCUT2D eigenvalue weighted by Crippen LogP contribution is 2.32. The van der Waals surface area contributed by atoms with Crippen molar-refractivity contribution in [3.05, 3.63) is 82.9 Å². The summed E-state index contributed by atoms with van der Waals surface area (Å²) in [5, 5.41) is 0. The van der Waals surface area contributed by atoms with Crippen molar-refractivity contribution in [2.45, 2.75) is 26.3 Å². The van der Waals surface area contributed by atoms with Crippen LogP contribution in [0.25, 0.3) is 11.6 Å². The van der Waals surface area contributed by atoms with Crippen molar-refractivity contribution < 1.29 is 28.2 Å². The van der Waals surface area contributed by atoms with E-state index >= 15 is 0 Å². The van der Waals surface area contributed by atoms with Gasteiger partial charge in [-0.1, -0.05) is 48.5 Å².